The highest BCUT2D eigenvalue weighted by Gasteiger charge is 2.51. The Hall–Kier alpha value is -1.16. The monoisotopic (exact) mass is 313 g/mol. The molecule has 2 aliphatic rings. The summed E-state index contributed by atoms with van der Waals surface area (Å²) >= 11 is 0. The lowest BCUT2D eigenvalue weighted by atomic mass is 9.78. The SMILES string of the molecule is N[C@@]1(C(=O)O)CN(C(=O)[C@@H]2CCCN2)CC1CCCB(O)O. The number of nitrogens with two attached hydrogens (primary N) is 1. The number of rotatable bonds is 6. The Morgan fingerprint density at radius 2 is 2.14 bits per heavy atom. The van der Waals surface area contributed by atoms with Crippen LogP contribution in [-0.2, 0) is 9.59 Å². The van der Waals surface area contributed by atoms with Crippen LogP contribution in [0, 0.1) is 5.92 Å². The molecule has 2 aliphatic heterocycles. The van der Waals surface area contributed by atoms with Crippen LogP contribution >= 0.6 is 0 Å². The first-order valence-electron chi connectivity index (χ1n) is 7.75. The van der Waals surface area contributed by atoms with Crippen LogP contribution in [0.5, 0.6) is 0 Å². The maximum Gasteiger partial charge on any atom is 0.451 e. The van der Waals surface area contributed by atoms with Crippen molar-refractivity contribution in [3.8, 4) is 0 Å². The fraction of sp³-hybridized carbons (Fsp3) is 0.846. The Bertz CT molecular complexity index is 430. The van der Waals surface area contributed by atoms with E-state index in [1.807, 2.05) is 0 Å². The van der Waals surface area contributed by atoms with Crippen molar-refractivity contribution in [3.05, 3.63) is 0 Å². The van der Waals surface area contributed by atoms with Crippen molar-refractivity contribution >= 4 is 19.0 Å². The van der Waals surface area contributed by atoms with Gasteiger partial charge >= 0.3 is 13.1 Å². The van der Waals surface area contributed by atoms with E-state index >= 15 is 0 Å². The quantitative estimate of drug-likeness (QED) is 0.366. The zero-order valence-corrected chi connectivity index (χ0v) is 12.6. The molecule has 3 atom stereocenters. The summed E-state index contributed by atoms with van der Waals surface area (Å²) < 4.78 is 0. The molecule has 8 nitrogen and oxygen atoms in total. The van der Waals surface area contributed by atoms with Crippen molar-refractivity contribution in [1.29, 1.82) is 0 Å². The number of carbonyl (C=O) groups excluding carboxylic acids is 1. The zero-order valence-electron chi connectivity index (χ0n) is 12.6. The maximum absolute atomic E-state index is 12.4. The molecule has 2 saturated heterocycles. The first-order valence-corrected chi connectivity index (χ1v) is 7.75. The highest BCUT2D eigenvalue weighted by atomic mass is 16.4. The van der Waals surface area contributed by atoms with Crippen molar-refractivity contribution in [2.45, 2.75) is 43.6 Å². The second kappa shape index (κ2) is 6.95. The van der Waals surface area contributed by atoms with Crippen LogP contribution in [-0.4, -0.2) is 70.3 Å². The van der Waals surface area contributed by atoms with Gasteiger partial charge in [0.15, 0.2) is 0 Å². The minimum absolute atomic E-state index is 0.00565. The highest BCUT2D eigenvalue weighted by molar-refractivity contribution is 6.40. The molecule has 0 aromatic heterocycles. The fourth-order valence-electron chi connectivity index (χ4n) is 3.36. The fourth-order valence-corrected chi connectivity index (χ4v) is 3.36. The molecule has 124 valence electrons. The molecule has 0 saturated carbocycles. The number of carboxylic acids is 1. The lowest BCUT2D eigenvalue weighted by Crippen LogP contribution is -2.55. The van der Waals surface area contributed by atoms with E-state index < -0.39 is 18.6 Å². The molecule has 0 aliphatic carbocycles. The van der Waals surface area contributed by atoms with Gasteiger partial charge in [-0.2, -0.15) is 0 Å². The minimum atomic E-state index is -1.46. The Kier molecular flexibility index (Phi) is 5.43. The third kappa shape index (κ3) is 3.60. The van der Waals surface area contributed by atoms with Gasteiger partial charge in [-0.25, -0.2) is 0 Å². The number of aliphatic carboxylic acids is 1. The summed E-state index contributed by atoms with van der Waals surface area (Å²) in [4.78, 5) is 25.5. The van der Waals surface area contributed by atoms with Gasteiger partial charge in [-0.1, -0.05) is 6.42 Å². The number of amides is 1. The summed E-state index contributed by atoms with van der Waals surface area (Å²) in [5.41, 5.74) is 4.59. The van der Waals surface area contributed by atoms with Gasteiger partial charge in [0.1, 0.15) is 5.54 Å². The standard InChI is InChI=1S/C13H24BN3O5/c15-13(12(19)20)8-17(11(18)10-4-2-6-16-10)7-9(13)3-1-5-14(21)22/h9-10,16,21-22H,1-8,15H2,(H,19,20)/t9?,10-,13-/m0/s1. The highest BCUT2D eigenvalue weighted by Crippen LogP contribution is 2.31. The van der Waals surface area contributed by atoms with Crippen molar-refractivity contribution < 1.29 is 24.7 Å². The summed E-state index contributed by atoms with van der Waals surface area (Å²) in [6.45, 7) is 1.11. The molecule has 0 bridgehead atoms. The van der Waals surface area contributed by atoms with Crippen LogP contribution in [0.1, 0.15) is 25.7 Å². The van der Waals surface area contributed by atoms with Gasteiger partial charge in [0.25, 0.3) is 0 Å². The number of nitrogens with zero attached hydrogens (tertiary/aromatic N) is 1. The van der Waals surface area contributed by atoms with E-state index in [1.54, 1.807) is 0 Å². The van der Waals surface area contributed by atoms with E-state index in [1.165, 1.54) is 4.90 Å². The summed E-state index contributed by atoms with van der Waals surface area (Å²) in [5.74, 6) is -1.58. The van der Waals surface area contributed by atoms with Gasteiger partial charge in [-0.05, 0) is 32.1 Å². The molecule has 0 aromatic carbocycles. The van der Waals surface area contributed by atoms with Gasteiger partial charge in [0.2, 0.25) is 5.91 Å². The second-order valence-corrected chi connectivity index (χ2v) is 6.32. The molecule has 2 fully saturated rings. The van der Waals surface area contributed by atoms with E-state index in [9.17, 15) is 14.7 Å². The molecule has 22 heavy (non-hydrogen) atoms. The molecule has 0 spiro atoms. The van der Waals surface area contributed by atoms with Gasteiger partial charge in [0, 0.05) is 19.0 Å². The normalized spacial score (nSPS) is 31.5. The Labute approximate surface area is 129 Å². The van der Waals surface area contributed by atoms with Crippen molar-refractivity contribution in [1.82, 2.24) is 10.2 Å². The number of carbonyl (C=O) groups is 2. The number of likely N-dealkylation sites (tertiary alicyclic amines) is 1. The van der Waals surface area contributed by atoms with Crippen molar-refractivity contribution in [2.24, 2.45) is 11.7 Å². The van der Waals surface area contributed by atoms with Crippen molar-refractivity contribution in [3.63, 3.8) is 0 Å². The van der Waals surface area contributed by atoms with Crippen LogP contribution in [0.4, 0.5) is 0 Å². The molecule has 2 heterocycles. The predicted octanol–water partition coefficient (Wildman–Crippen LogP) is -1.77. The van der Waals surface area contributed by atoms with E-state index in [0.717, 1.165) is 19.4 Å². The molecular formula is C13H24BN3O5. The van der Waals surface area contributed by atoms with E-state index in [0.29, 0.717) is 19.4 Å². The van der Waals surface area contributed by atoms with Gasteiger partial charge < -0.3 is 31.1 Å². The summed E-state index contributed by atoms with van der Waals surface area (Å²) in [5, 5.41) is 30.3. The topological polar surface area (TPSA) is 136 Å². The van der Waals surface area contributed by atoms with Crippen LogP contribution in [0.3, 0.4) is 0 Å². The summed E-state index contributed by atoms with van der Waals surface area (Å²) in [6.07, 6.45) is 2.78. The lowest BCUT2D eigenvalue weighted by Gasteiger charge is -2.25. The molecule has 0 aromatic rings. The van der Waals surface area contributed by atoms with Gasteiger partial charge in [-0.3, -0.25) is 9.59 Å². The van der Waals surface area contributed by atoms with Crippen molar-refractivity contribution in [2.75, 3.05) is 19.6 Å². The largest absolute Gasteiger partial charge is 0.480 e. The predicted molar refractivity (Wildman–Crippen MR) is 79.9 cm³/mol. The first-order chi connectivity index (χ1) is 10.3. The minimum Gasteiger partial charge on any atom is -0.480 e. The molecule has 0 radical (unpaired) electrons. The molecule has 9 heteroatoms. The van der Waals surface area contributed by atoms with Crippen LogP contribution in [0.25, 0.3) is 0 Å². The van der Waals surface area contributed by atoms with Gasteiger partial charge in [-0.15, -0.1) is 0 Å². The Morgan fingerprint density at radius 3 is 2.68 bits per heavy atom. The first kappa shape index (κ1) is 17.2. The number of nitrogens with one attached hydrogen (secondary N) is 1. The average Bonchev–Trinajstić information content (AvgIpc) is 3.07. The summed E-state index contributed by atoms with van der Waals surface area (Å²) in [7, 11) is -1.40. The molecule has 6 N–H and O–H groups in total. The van der Waals surface area contributed by atoms with Gasteiger partial charge in [0.05, 0.1) is 6.04 Å². The molecular weight excluding hydrogens is 289 g/mol. The smallest absolute Gasteiger partial charge is 0.451 e. The third-order valence-electron chi connectivity index (χ3n) is 4.70. The second-order valence-electron chi connectivity index (χ2n) is 6.32. The molecule has 1 amide bonds. The Balaban J connectivity index is 2.01. The van der Waals surface area contributed by atoms with E-state index in [2.05, 4.69) is 5.32 Å². The summed E-state index contributed by atoms with van der Waals surface area (Å²) in [6, 6.07) is -0.240. The number of hydrogen-bond acceptors (Lipinski definition) is 6. The number of carboxylic acid groups (broad SMARTS) is 1. The zero-order chi connectivity index (χ0) is 16.3. The third-order valence-corrected chi connectivity index (χ3v) is 4.70. The van der Waals surface area contributed by atoms with Crippen LogP contribution in [0.2, 0.25) is 6.32 Å². The molecule has 1 unspecified atom stereocenters. The van der Waals surface area contributed by atoms with E-state index in [4.69, 9.17) is 15.8 Å². The van der Waals surface area contributed by atoms with E-state index in [-0.39, 0.29) is 30.7 Å². The van der Waals surface area contributed by atoms with Crippen LogP contribution in [0.15, 0.2) is 0 Å². The molecule has 2 rings (SSSR count). The van der Waals surface area contributed by atoms with Crippen LogP contribution < -0.4 is 11.1 Å². The number of hydrogen-bond donors (Lipinski definition) is 5. The Morgan fingerprint density at radius 1 is 1.41 bits per heavy atom. The lowest BCUT2D eigenvalue weighted by molar-refractivity contribution is -0.144. The average molecular weight is 313 g/mol. The maximum atomic E-state index is 12.4.